The van der Waals surface area contributed by atoms with Crippen LogP contribution >= 0.6 is 0 Å². The number of pyridine rings is 1. The van der Waals surface area contributed by atoms with E-state index in [1.54, 1.807) is 41.2 Å². The van der Waals surface area contributed by atoms with Crippen LogP contribution in [0.25, 0.3) is 16.6 Å². The van der Waals surface area contributed by atoms with Gasteiger partial charge in [-0.3, -0.25) is 4.79 Å². The first-order chi connectivity index (χ1) is 15.5. The maximum atomic E-state index is 13.0. The van der Waals surface area contributed by atoms with E-state index in [9.17, 15) is 13.2 Å². The summed E-state index contributed by atoms with van der Waals surface area (Å²) in [7, 11) is -2.76. The molecule has 5 rings (SSSR count). The molecular formula is C23H20N4O4S. The third-order valence-corrected chi connectivity index (χ3v) is 6.80. The molecule has 0 atom stereocenters. The number of aromatic nitrogens is 3. The van der Waals surface area contributed by atoms with E-state index < -0.39 is 15.9 Å². The summed E-state index contributed by atoms with van der Waals surface area (Å²) in [4.78, 5) is 17.1. The summed E-state index contributed by atoms with van der Waals surface area (Å²) in [6.45, 7) is 0. The van der Waals surface area contributed by atoms with Gasteiger partial charge in [0.25, 0.3) is 15.9 Å². The predicted octanol–water partition coefficient (Wildman–Crippen LogP) is 3.43. The summed E-state index contributed by atoms with van der Waals surface area (Å²) in [5.74, 6) is -0.267. The number of rotatable bonds is 6. The predicted molar refractivity (Wildman–Crippen MR) is 118 cm³/mol. The molecule has 1 aliphatic carbocycles. The van der Waals surface area contributed by atoms with Gasteiger partial charge in [0.15, 0.2) is 0 Å². The third-order valence-electron chi connectivity index (χ3n) is 5.45. The van der Waals surface area contributed by atoms with Crippen LogP contribution in [-0.4, -0.2) is 36.2 Å². The quantitative estimate of drug-likeness (QED) is 0.485. The smallest absolute Gasteiger partial charge is 0.283 e. The monoisotopic (exact) mass is 448 g/mol. The molecule has 1 saturated carbocycles. The molecule has 4 aromatic rings. The zero-order valence-corrected chi connectivity index (χ0v) is 18.0. The minimum Gasteiger partial charge on any atom is -0.495 e. The number of methoxy groups -OCH3 is 1. The molecule has 162 valence electrons. The van der Waals surface area contributed by atoms with Crippen LogP contribution in [0.2, 0.25) is 0 Å². The number of nitrogens with one attached hydrogen (secondary N) is 1. The minimum absolute atomic E-state index is 0.00370. The van der Waals surface area contributed by atoms with E-state index in [2.05, 4.69) is 14.8 Å². The number of carbonyl (C=O) groups excluding carboxylic acids is 1. The van der Waals surface area contributed by atoms with Crippen molar-refractivity contribution in [3.8, 4) is 11.4 Å². The molecule has 0 unspecified atom stereocenters. The van der Waals surface area contributed by atoms with Gasteiger partial charge >= 0.3 is 0 Å². The van der Waals surface area contributed by atoms with Gasteiger partial charge in [-0.2, -0.15) is 5.10 Å². The molecular weight excluding hydrogens is 428 g/mol. The third kappa shape index (κ3) is 3.71. The Morgan fingerprint density at radius 2 is 1.97 bits per heavy atom. The Labute approximate surface area is 184 Å². The number of amides is 1. The van der Waals surface area contributed by atoms with Crippen molar-refractivity contribution in [3.63, 3.8) is 0 Å². The summed E-state index contributed by atoms with van der Waals surface area (Å²) in [6, 6.07) is 15.6. The number of carbonyl (C=O) groups is 1. The Morgan fingerprint density at radius 1 is 1.12 bits per heavy atom. The minimum atomic E-state index is -4.15. The molecule has 2 aromatic carbocycles. The van der Waals surface area contributed by atoms with Gasteiger partial charge in [-0.15, -0.1) is 0 Å². The molecule has 0 bridgehead atoms. The van der Waals surface area contributed by atoms with Gasteiger partial charge in [-0.25, -0.2) is 22.8 Å². The van der Waals surface area contributed by atoms with E-state index in [-0.39, 0.29) is 16.3 Å². The van der Waals surface area contributed by atoms with Crippen LogP contribution in [0.15, 0.2) is 71.9 Å². The molecule has 0 aliphatic heterocycles. The second-order valence-electron chi connectivity index (χ2n) is 7.61. The lowest BCUT2D eigenvalue weighted by Crippen LogP contribution is -2.31. The highest BCUT2D eigenvalue weighted by molar-refractivity contribution is 7.90. The van der Waals surface area contributed by atoms with Crippen molar-refractivity contribution in [1.82, 2.24) is 19.5 Å². The lowest BCUT2D eigenvalue weighted by atomic mass is 10.1. The SMILES string of the molecule is COc1ccc(C2CC2)cc1S(=O)(=O)NC(=O)c1ccc2c(-n3cccn3)cccc2n1. The van der Waals surface area contributed by atoms with Crippen LogP contribution in [0.3, 0.4) is 0 Å². The van der Waals surface area contributed by atoms with Crippen molar-refractivity contribution in [1.29, 1.82) is 0 Å². The first-order valence-corrected chi connectivity index (χ1v) is 11.6. The van der Waals surface area contributed by atoms with Crippen molar-refractivity contribution in [2.75, 3.05) is 7.11 Å². The van der Waals surface area contributed by atoms with Crippen LogP contribution in [0, 0.1) is 0 Å². The Kier molecular flexibility index (Phi) is 4.90. The van der Waals surface area contributed by atoms with Gasteiger partial charge in [0, 0.05) is 17.8 Å². The number of sulfonamides is 1. The molecule has 2 heterocycles. The van der Waals surface area contributed by atoms with Crippen molar-refractivity contribution in [2.24, 2.45) is 0 Å². The van der Waals surface area contributed by atoms with Crippen LogP contribution in [-0.2, 0) is 10.0 Å². The van der Waals surface area contributed by atoms with E-state index in [0.29, 0.717) is 11.4 Å². The zero-order valence-electron chi connectivity index (χ0n) is 17.2. The van der Waals surface area contributed by atoms with E-state index in [1.165, 1.54) is 13.2 Å². The van der Waals surface area contributed by atoms with E-state index in [4.69, 9.17) is 4.74 Å². The second kappa shape index (κ2) is 7.76. The van der Waals surface area contributed by atoms with Gasteiger partial charge in [-0.05, 0) is 66.8 Å². The summed E-state index contributed by atoms with van der Waals surface area (Å²) >= 11 is 0. The number of benzene rings is 2. The number of hydrogen-bond donors (Lipinski definition) is 1. The fraction of sp³-hybridized carbons (Fsp3) is 0.174. The fourth-order valence-electron chi connectivity index (χ4n) is 3.68. The zero-order chi connectivity index (χ0) is 22.3. The Hall–Kier alpha value is -3.72. The maximum absolute atomic E-state index is 13.0. The standard InChI is InChI=1S/C23H20N4O4S/c1-31-21-11-8-16(15-6-7-15)14-22(21)32(29,30)26-23(28)19-10-9-17-18(25-19)4-2-5-20(17)27-13-3-12-24-27/h2-5,8-15H,6-7H2,1H3,(H,26,28). The number of nitrogens with zero attached hydrogens (tertiary/aromatic N) is 3. The van der Waals surface area contributed by atoms with E-state index >= 15 is 0 Å². The summed E-state index contributed by atoms with van der Waals surface area (Å²) in [5, 5.41) is 5.02. The first-order valence-electron chi connectivity index (χ1n) is 10.1. The van der Waals surface area contributed by atoms with E-state index in [1.807, 2.05) is 24.4 Å². The summed E-state index contributed by atoms with van der Waals surface area (Å²) in [5.41, 5.74) is 2.28. The van der Waals surface area contributed by atoms with Crippen molar-refractivity contribution in [2.45, 2.75) is 23.7 Å². The molecule has 0 radical (unpaired) electrons. The summed E-state index contributed by atoms with van der Waals surface area (Å²) in [6.07, 6.45) is 5.54. The molecule has 1 N–H and O–H groups in total. The number of hydrogen-bond acceptors (Lipinski definition) is 6. The Bertz CT molecular complexity index is 1430. The number of fused-ring (bicyclic) bond motifs is 1. The molecule has 1 fully saturated rings. The topological polar surface area (TPSA) is 103 Å². The van der Waals surface area contributed by atoms with Crippen LogP contribution in [0.4, 0.5) is 0 Å². The lowest BCUT2D eigenvalue weighted by molar-refractivity contribution is 0.0977. The highest BCUT2D eigenvalue weighted by Crippen LogP contribution is 2.42. The Morgan fingerprint density at radius 3 is 2.69 bits per heavy atom. The molecule has 9 heteroatoms. The fourth-order valence-corrected chi connectivity index (χ4v) is 4.85. The molecule has 1 amide bonds. The average molecular weight is 449 g/mol. The highest BCUT2D eigenvalue weighted by Gasteiger charge is 2.28. The van der Waals surface area contributed by atoms with Gasteiger partial charge in [0.2, 0.25) is 0 Å². The molecule has 1 aliphatic rings. The molecule has 2 aromatic heterocycles. The van der Waals surface area contributed by atoms with Crippen molar-refractivity contribution >= 4 is 26.8 Å². The lowest BCUT2D eigenvalue weighted by Gasteiger charge is -2.13. The molecule has 32 heavy (non-hydrogen) atoms. The number of ether oxygens (including phenoxy) is 1. The second-order valence-corrected chi connectivity index (χ2v) is 9.26. The highest BCUT2D eigenvalue weighted by atomic mass is 32.2. The van der Waals surface area contributed by atoms with Crippen molar-refractivity contribution in [3.05, 3.63) is 78.2 Å². The summed E-state index contributed by atoms with van der Waals surface area (Å²) < 4.78 is 35.1. The van der Waals surface area contributed by atoms with Gasteiger partial charge in [0.05, 0.1) is 18.3 Å². The largest absolute Gasteiger partial charge is 0.495 e. The Balaban J connectivity index is 1.46. The molecule has 0 spiro atoms. The molecule has 0 saturated heterocycles. The average Bonchev–Trinajstić information content (AvgIpc) is 3.51. The first kappa shape index (κ1) is 20.2. The maximum Gasteiger partial charge on any atom is 0.283 e. The molecule has 8 nitrogen and oxygen atoms in total. The van der Waals surface area contributed by atoms with E-state index in [0.717, 1.165) is 29.5 Å². The normalized spacial score (nSPS) is 13.8. The van der Waals surface area contributed by atoms with Crippen LogP contribution in [0.1, 0.15) is 34.8 Å². The van der Waals surface area contributed by atoms with Crippen molar-refractivity contribution < 1.29 is 17.9 Å². The van der Waals surface area contributed by atoms with Crippen LogP contribution in [0.5, 0.6) is 5.75 Å². The van der Waals surface area contributed by atoms with Gasteiger partial charge in [0.1, 0.15) is 16.3 Å². The van der Waals surface area contributed by atoms with Gasteiger partial charge in [-0.1, -0.05) is 12.1 Å². The van der Waals surface area contributed by atoms with Crippen LogP contribution < -0.4 is 9.46 Å². The van der Waals surface area contributed by atoms with Gasteiger partial charge < -0.3 is 4.74 Å².